The lowest BCUT2D eigenvalue weighted by molar-refractivity contribution is 0.342. The Labute approximate surface area is 146 Å². The van der Waals surface area contributed by atoms with E-state index >= 15 is 0 Å². The minimum absolute atomic E-state index is 0.268. The molecular weight excluding hydrogens is 359 g/mol. The summed E-state index contributed by atoms with van der Waals surface area (Å²) in [6, 6.07) is 3.48. The van der Waals surface area contributed by atoms with Gasteiger partial charge in [-0.25, -0.2) is 12.7 Å². The molecule has 5 nitrogen and oxygen atoms in total. The molecule has 0 aromatic heterocycles. The second kappa shape index (κ2) is 6.99. The van der Waals surface area contributed by atoms with E-state index in [1.807, 2.05) is 12.1 Å². The summed E-state index contributed by atoms with van der Waals surface area (Å²) >= 11 is 12.1. The number of fused-ring (bicyclic) bond motifs is 1. The van der Waals surface area contributed by atoms with Crippen molar-refractivity contribution in [1.82, 2.24) is 9.62 Å². The van der Waals surface area contributed by atoms with Crippen molar-refractivity contribution in [3.05, 3.63) is 33.3 Å². The SMILES string of the molecule is O=S1(=O)CCCN1CCNCC1=Cc2cc(Cl)cc(Cl)c2OC1. The average Bonchev–Trinajstić information content (AvgIpc) is 2.82. The minimum Gasteiger partial charge on any atom is -0.487 e. The Morgan fingerprint density at radius 3 is 2.87 bits per heavy atom. The molecule has 0 unspecified atom stereocenters. The Kier molecular flexibility index (Phi) is 5.18. The van der Waals surface area contributed by atoms with E-state index in [1.54, 1.807) is 10.4 Å². The average molecular weight is 377 g/mol. The molecule has 2 heterocycles. The summed E-state index contributed by atoms with van der Waals surface area (Å²) in [7, 11) is -3.02. The third-order valence-electron chi connectivity index (χ3n) is 3.89. The Morgan fingerprint density at radius 2 is 2.13 bits per heavy atom. The van der Waals surface area contributed by atoms with Gasteiger partial charge in [0.1, 0.15) is 12.4 Å². The maximum atomic E-state index is 11.7. The fourth-order valence-electron chi connectivity index (χ4n) is 2.76. The third-order valence-corrected chi connectivity index (χ3v) is 6.35. The van der Waals surface area contributed by atoms with Crippen LogP contribution in [0.1, 0.15) is 12.0 Å². The van der Waals surface area contributed by atoms with Crippen LogP contribution in [-0.2, 0) is 10.0 Å². The van der Waals surface area contributed by atoms with Crippen LogP contribution in [0.4, 0.5) is 0 Å². The highest BCUT2D eigenvalue weighted by Crippen LogP contribution is 2.36. The van der Waals surface area contributed by atoms with Gasteiger partial charge in [-0.05, 0) is 30.2 Å². The summed E-state index contributed by atoms with van der Waals surface area (Å²) in [5, 5.41) is 4.34. The van der Waals surface area contributed by atoms with Crippen LogP contribution in [0, 0.1) is 0 Å². The minimum atomic E-state index is -3.02. The lowest BCUT2D eigenvalue weighted by Crippen LogP contribution is -2.34. The predicted octanol–water partition coefficient (Wildman–Crippen LogP) is 2.39. The molecule has 1 saturated heterocycles. The van der Waals surface area contributed by atoms with Crippen molar-refractivity contribution in [2.75, 3.05) is 38.5 Å². The van der Waals surface area contributed by atoms with Gasteiger partial charge in [0.15, 0.2) is 0 Å². The Bertz CT molecular complexity index is 734. The van der Waals surface area contributed by atoms with Crippen molar-refractivity contribution in [2.24, 2.45) is 0 Å². The van der Waals surface area contributed by atoms with E-state index in [4.69, 9.17) is 27.9 Å². The highest BCUT2D eigenvalue weighted by Gasteiger charge is 2.27. The second-order valence-corrected chi connectivity index (χ2v) is 8.57. The first kappa shape index (κ1) is 17.0. The van der Waals surface area contributed by atoms with Crippen LogP contribution in [-0.4, -0.2) is 51.3 Å². The molecule has 1 aromatic carbocycles. The fraction of sp³-hybridized carbons (Fsp3) is 0.467. The number of nitrogens with zero attached hydrogens (tertiary/aromatic N) is 1. The van der Waals surface area contributed by atoms with Crippen molar-refractivity contribution in [1.29, 1.82) is 0 Å². The molecule has 0 atom stereocenters. The first-order valence-corrected chi connectivity index (χ1v) is 9.82. The van der Waals surface area contributed by atoms with Crippen LogP contribution in [0.5, 0.6) is 5.75 Å². The molecule has 0 saturated carbocycles. The highest BCUT2D eigenvalue weighted by atomic mass is 35.5. The largest absolute Gasteiger partial charge is 0.487 e. The van der Waals surface area contributed by atoms with Crippen LogP contribution in [0.3, 0.4) is 0 Å². The molecule has 0 amide bonds. The fourth-order valence-corrected chi connectivity index (χ4v) is 4.86. The maximum Gasteiger partial charge on any atom is 0.214 e. The van der Waals surface area contributed by atoms with E-state index in [1.165, 1.54) is 0 Å². The first-order valence-electron chi connectivity index (χ1n) is 7.45. The van der Waals surface area contributed by atoms with Gasteiger partial charge in [0, 0.05) is 36.8 Å². The smallest absolute Gasteiger partial charge is 0.214 e. The summed E-state index contributed by atoms with van der Waals surface area (Å²) in [6.07, 6.45) is 2.73. The number of hydrogen-bond acceptors (Lipinski definition) is 4. The van der Waals surface area contributed by atoms with Gasteiger partial charge in [0.25, 0.3) is 0 Å². The van der Waals surface area contributed by atoms with E-state index in [-0.39, 0.29) is 5.75 Å². The zero-order valence-corrected chi connectivity index (χ0v) is 14.8. The van der Waals surface area contributed by atoms with Crippen LogP contribution < -0.4 is 10.1 Å². The lowest BCUT2D eigenvalue weighted by Gasteiger charge is -2.20. The van der Waals surface area contributed by atoms with Gasteiger partial charge in [-0.3, -0.25) is 0 Å². The molecule has 0 bridgehead atoms. The maximum absolute atomic E-state index is 11.7. The van der Waals surface area contributed by atoms with Gasteiger partial charge in [-0.2, -0.15) is 0 Å². The van der Waals surface area contributed by atoms with Crippen LogP contribution in [0.2, 0.25) is 10.0 Å². The number of nitrogens with one attached hydrogen (secondary N) is 1. The molecule has 2 aliphatic heterocycles. The van der Waals surface area contributed by atoms with Gasteiger partial charge in [0.2, 0.25) is 10.0 Å². The second-order valence-electron chi connectivity index (χ2n) is 5.64. The molecule has 8 heteroatoms. The number of rotatable bonds is 5. The van der Waals surface area contributed by atoms with Gasteiger partial charge >= 0.3 is 0 Å². The molecule has 0 aliphatic carbocycles. The summed E-state index contributed by atoms with van der Waals surface area (Å²) < 4.78 is 30.6. The highest BCUT2D eigenvalue weighted by molar-refractivity contribution is 7.89. The van der Waals surface area contributed by atoms with Crippen molar-refractivity contribution >= 4 is 39.3 Å². The van der Waals surface area contributed by atoms with Crippen molar-refractivity contribution in [3.8, 4) is 5.75 Å². The quantitative estimate of drug-likeness (QED) is 0.801. The molecule has 23 heavy (non-hydrogen) atoms. The number of hydrogen-bond donors (Lipinski definition) is 1. The van der Waals surface area contributed by atoms with Gasteiger partial charge in [-0.15, -0.1) is 0 Å². The third kappa shape index (κ3) is 4.00. The van der Waals surface area contributed by atoms with E-state index < -0.39 is 10.0 Å². The molecule has 126 valence electrons. The van der Waals surface area contributed by atoms with E-state index in [0.717, 1.165) is 17.6 Å². The molecule has 1 N–H and O–H groups in total. The molecule has 1 aromatic rings. The van der Waals surface area contributed by atoms with Crippen molar-refractivity contribution in [3.63, 3.8) is 0 Å². The number of ether oxygens (including phenoxy) is 1. The zero-order valence-electron chi connectivity index (χ0n) is 12.5. The van der Waals surface area contributed by atoms with Gasteiger partial charge in [-0.1, -0.05) is 23.2 Å². The predicted molar refractivity (Wildman–Crippen MR) is 92.8 cm³/mol. The topological polar surface area (TPSA) is 58.6 Å². The zero-order chi connectivity index (χ0) is 16.4. The lowest BCUT2D eigenvalue weighted by atomic mass is 10.1. The van der Waals surface area contributed by atoms with E-state index in [9.17, 15) is 8.42 Å². The van der Waals surface area contributed by atoms with E-state index in [0.29, 0.717) is 48.6 Å². The molecule has 2 aliphatic rings. The molecule has 0 radical (unpaired) electrons. The van der Waals surface area contributed by atoms with Gasteiger partial charge in [0.05, 0.1) is 10.8 Å². The van der Waals surface area contributed by atoms with Crippen LogP contribution in [0.25, 0.3) is 6.08 Å². The summed E-state index contributed by atoms with van der Waals surface area (Å²) in [5.41, 5.74) is 1.94. The van der Waals surface area contributed by atoms with Crippen molar-refractivity contribution in [2.45, 2.75) is 6.42 Å². The molecule has 3 rings (SSSR count). The summed E-state index contributed by atoms with van der Waals surface area (Å²) in [6.45, 7) is 2.84. The Morgan fingerprint density at radius 1 is 1.30 bits per heavy atom. The molecule has 1 fully saturated rings. The van der Waals surface area contributed by atoms with Gasteiger partial charge < -0.3 is 10.1 Å². The first-order chi connectivity index (χ1) is 11.0. The number of halogens is 2. The summed E-state index contributed by atoms with van der Waals surface area (Å²) in [5.74, 6) is 0.924. The number of sulfonamides is 1. The standard InChI is InChI=1S/C15H18Cl2N2O3S/c16-13-7-12-6-11(10-22-15(12)14(17)8-13)9-18-2-4-19-3-1-5-23(19,20)21/h6-8,18H,1-5,9-10H2. The molecular formula is C15H18Cl2N2O3S. The van der Waals surface area contributed by atoms with Crippen LogP contribution >= 0.6 is 23.2 Å². The Balaban J connectivity index is 1.54. The summed E-state index contributed by atoms with van der Waals surface area (Å²) in [4.78, 5) is 0. The van der Waals surface area contributed by atoms with E-state index in [2.05, 4.69) is 5.32 Å². The van der Waals surface area contributed by atoms with Crippen molar-refractivity contribution < 1.29 is 13.2 Å². The number of benzene rings is 1. The van der Waals surface area contributed by atoms with Crippen LogP contribution in [0.15, 0.2) is 17.7 Å². The monoisotopic (exact) mass is 376 g/mol. The Hall–Kier alpha value is -0.790. The normalized spacial score (nSPS) is 20.0. The molecule has 0 spiro atoms.